The van der Waals surface area contributed by atoms with Crippen molar-refractivity contribution in [3.63, 3.8) is 0 Å². The number of benzene rings is 1. The second-order valence-electron chi connectivity index (χ2n) is 5.77. The molecule has 2 N–H and O–H groups in total. The van der Waals surface area contributed by atoms with Gasteiger partial charge in [0.1, 0.15) is 5.76 Å². The SMILES string of the molecule is Cc1ccc(Cl)cc1NC(=O)N1CCC(c2cc(=O)[nH]o2)CC1. The second-order valence-corrected chi connectivity index (χ2v) is 6.20. The Labute approximate surface area is 138 Å². The van der Waals surface area contributed by atoms with E-state index in [0.29, 0.717) is 23.9 Å². The fourth-order valence-electron chi connectivity index (χ4n) is 2.79. The van der Waals surface area contributed by atoms with Gasteiger partial charge < -0.3 is 14.7 Å². The number of carbonyl (C=O) groups excluding carboxylic acids is 1. The lowest BCUT2D eigenvalue weighted by atomic mass is 9.94. The molecule has 2 amide bonds. The molecule has 0 aliphatic carbocycles. The van der Waals surface area contributed by atoms with E-state index in [0.717, 1.165) is 24.1 Å². The van der Waals surface area contributed by atoms with Crippen molar-refractivity contribution >= 4 is 23.3 Å². The maximum Gasteiger partial charge on any atom is 0.321 e. The summed E-state index contributed by atoms with van der Waals surface area (Å²) in [5, 5.41) is 5.80. The first-order valence-corrected chi connectivity index (χ1v) is 7.91. The first-order valence-electron chi connectivity index (χ1n) is 7.53. The van der Waals surface area contributed by atoms with Crippen molar-refractivity contribution in [2.24, 2.45) is 0 Å². The molecule has 0 saturated carbocycles. The van der Waals surface area contributed by atoms with Crippen molar-refractivity contribution in [3.8, 4) is 0 Å². The van der Waals surface area contributed by atoms with E-state index in [1.165, 1.54) is 6.07 Å². The van der Waals surface area contributed by atoms with E-state index in [2.05, 4.69) is 10.5 Å². The Kier molecular flexibility index (Phi) is 4.43. The number of halogens is 1. The predicted octanol–water partition coefficient (Wildman–Crippen LogP) is 3.34. The van der Waals surface area contributed by atoms with E-state index in [1.807, 2.05) is 13.0 Å². The molecule has 1 aliphatic heterocycles. The highest BCUT2D eigenvalue weighted by Crippen LogP contribution is 2.27. The molecular weight excluding hydrogens is 318 g/mol. The topological polar surface area (TPSA) is 78.3 Å². The summed E-state index contributed by atoms with van der Waals surface area (Å²) in [5.41, 5.74) is 1.46. The smallest absolute Gasteiger partial charge is 0.321 e. The van der Waals surface area contributed by atoms with Gasteiger partial charge in [-0.25, -0.2) is 4.79 Å². The van der Waals surface area contributed by atoms with Gasteiger partial charge in [0, 0.05) is 35.8 Å². The maximum atomic E-state index is 12.4. The summed E-state index contributed by atoms with van der Waals surface area (Å²) in [6.45, 7) is 3.15. The molecule has 23 heavy (non-hydrogen) atoms. The Hall–Kier alpha value is -2.21. The number of hydrogen-bond donors (Lipinski definition) is 2. The Morgan fingerprint density at radius 2 is 2.09 bits per heavy atom. The van der Waals surface area contributed by atoms with E-state index in [9.17, 15) is 9.59 Å². The summed E-state index contributed by atoms with van der Waals surface area (Å²) >= 11 is 5.97. The zero-order valence-corrected chi connectivity index (χ0v) is 13.5. The molecule has 7 heteroatoms. The monoisotopic (exact) mass is 335 g/mol. The van der Waals surface area contributed by atoms with Gasteiger partial charge in [-0.05, 0) is 37.5 Å². The molecule has 3 rings (SSSR count). The van der Waals surface area contributed by atoms with Gasteiger partial charge >= 0.3 is 6.03 Å². The second kappa shape index (κ2) is 6.50. The van der Waals surface area contributed by atoms with Crippen molar-refractivity contribution in [2.75, 3.05) is 18.4 Å². The minimum atomic E-state index is -0.225. The standard InChI is InChI=1S/C16H18ClN3O3/c1-10-2-3-12(17)8-13(10)18-16(22)20-6-4-11(5-7-20)14-9-15(21)19-23-14/h2-3,8-9,11H,4-7H2,1H3,(H,18,22)(H,19,21). The lowest BCUT2D eigenvalue weighted by Gasteiger charge is -2.31. The summed E-state index contributed by atoms with van der Waals surface area (Å²) in [6, 6.07) is 6.76. The van der Waals surface area contributed by atoms with Crippen LogP contribution in [0.5, 0.6) is 0 Å². The van der Waals surface area contributed by atoms with E-state index in [1.54, 1.807) is 17.0 Å². The number of likely N-dealkylation sites (tertiary alicyclic amines) is 1. The van der Waals surface area contributed by atoms with Gasteiger partial charge in [-0.2, -0.15) is 5.16 Å². The summed E-state index contributed by atoms with van der Waals surface area (Å²) in [7, 11) is 0. The third kappa shape index (κ3) is 3.59. The highest BCUT2D eigenvalue weighted by atomic mass is 35.5. The molecule has 1 fully saturated rings. The van der Waals surface area contributed by atoms with Crippen LogP contribution in [-0.4, -0.2) is 29.2 Å². The maximum absolute atomic E-state index is 12.4. The summed E-state index contributed by atoms with van der Waals surface area (Å²) < 4.78 is 5.15. The quantitative estimate of drug-likeness (QED) is 0.883. The number of aromatic amines is 1. The number of H-pyrrole nitrogens is 1. The van der Waals surface area contributed by atoms with Crippen molar-refractivity contribution < 1.29 is 9.32 Å². The normalized spacial score (nSPS) is 15.7. The number of hydrogen-bond acceptors (Lipinski definition) is 3. The summed E-state index contributed by atoms with van der Waals surface area (Å²) in [5.74, 6) is 0.839. The van der Waals surface area contributed by atoms with Crippen LogP contribution in [0.4, 0.5) is 10.5 Å². The minimum Gasteiger partial charge on any atom is -0.383 e. The molecule has 0 unspecified atom stereocenters. The number of nitrogens with one attached hydrogen (secondary N) is 2. The average molecular weight is 336 g/mol. The number of piperidine rings is 1. The van der Waals surface area contributed by atoms with E-state index in [-0.39, 0.29) is 17.5 Å². The van der Waals surface area contributed by atoms with Crippen molar-refractivity contribution in [1.29, 1.82) is 0 Å². The zero-order chi connectivity index (χ0) is 16.4. The number of rotatable bonds is 2. The Bertz CT molecular complexity index is 760. The predicted molar refractivity (Wildman–Crippen MR) is 88.1 cm³/mol. The number of anilines is 1. The molecule has 2 aromatic rings. The number of aryl methyl sites for hydroxylation is 1. The molecule has 1 aromatic heterocycles. The molecule has 1 aromatic carbocycles. The molecule has 1 saturated heterocycles. The lowest BCUT2D eigenvalue weighted by molar-refractivity contribution is 0.188. The molecular formula is C16H18ClN3O3. The van der Waals surface area contributed by atoms with Crippen LogP contribution in [0.2, 0.25) is 5.02 Å². The molecule has 2 heterocycles. The van der Waals surface area contributed by atoms with E-state index in [4.69, 9.17) is 16.1 Å². The Morgan fingerprint density at radius 1 is 1.35 bits per heavy atom. The van der Waals surface area contributed by atoms with Gasteiger partial charge in [0.2, 0.25) is 0 Å². The number of aromatic nitrogens is 1. The van der Waals surface area contributed by atoms with Crippen LogP contribution in [0.25, 0.3) is 0 Å². The van der Waals surface area contributed by atoms with Gasteiger partial charge in [-0.3, -0.25) is 4.79 Å². The van der Waals surface area contributed by atoms with Crippen LogP contribution < -0.4 is 10.9 Å². The van der Waals surface area contributed by atoms with Crippen LogP contribution in [0.3, 0.4) is 0 Å². The molecule has 0 atom stereocenters. The van der Waals surface area contributed by atoms with Crippen LogP contribution in [0.1, 0.15) is 30.1 Å². The van der Waals surface area contributed by atoms with Crippen LogP contribution in [0, 0.1) is 6.92 Å². The number of amides is 2. The molecule has 1 aliphatic rings. The Balaban J connectivity index is 1.60. The fraction of sp³-hybridized carbons (Fsp3) is 0.375. The van der Waals surface area contributed by atoms with Gasteiger partial charge in [-0.1, -0.05) is 17.7 Å². The van der Waals surface area contributed by atoms with Crippen molar-refractivity contribution in [1.82, 2.24) is 10.1 Å². The number of nitrogens with zero attached hydrogens (tertiary/aromatic N) is 1. The molecule has 122 valence electrons. The minimum absolute atomic E-state index is 0.135. The zero-order valence-electron chi connectivity index (χ0n) is 12.8. The largest absolute Gasteiger partial charge is 0.383 e. The number of carbonyl (C=O) groups is 1. The van der Waals surface area contributed by atoms with Crippen molar-refractivity contribution in [2.45, 2.75) is 25.7 Å². The van der Waals surface area contributed by atoms with Gasteiger partial charge in [-0.15, -0.1) is 0 Å². The average Bonchev–Trinajstić information content (AvgIpc) is 2.97. The van der Waals surface area contributed by atoms with Crippen LogP contribution in [0.15, 0.2) is 33.6 Å². The molecule has 6 nitrogen and oxygen atoms in total. The third-order valence-electron chi connectivity index (χ3n) is 4.17. The highest BCUT2D eigenvalue weighted by molar-refractivity contribution is 6.31. The van der Waals surface area contributed by atoms with Crippen LogP contribution in [-0.2, 0) is 0 Å². The van der Waals surface area contributed by atoms with Gasteiger partial charge in [0.05, 0.1) is 0 Å². The highest BCUT2D eigenvalue weighted by Gasteiger charge is 2.26. The van der Waals surface area contributed by atoms with E-state index >= 15 is 0 Å². The van der Waals surface area contributed by atoms with E-state index < -0.39 is 0 Å². The number of urea groups is 1. The summed E-state index contributed by atoms with van der Waals surface area (Å²) in [6.07, 6.45) is 1.53. The Morgan fingerprint density at radius 3 is 2.74 bits per heavy atom. The third-order valence-corrected chi connectivity index (χ3v) is 4.40. The fourth-order valence-corrected chi connectivity index (χ4v) is 2.96. The molecule has 0 radical (unpaired) electrons. The summed E-state index contributed by atoms with van der Waals surface area (Å²) in [4.78, 5) is 25.3. The van der Waals surface area contributed by atoms with Crippen molar-refractivity contribution in [3.05, 3.63) is 51.0 Å². The molecule has 0 bridgehead atoms. The molecule has 0 spiro atoms. The lowest BCUT2D eigenvalue weighted by Crippen LogP contribution is -2.40. The first kappa shape index (κ1) is 15.7. The van der Waals surface area contributed by atoms with Crippen LogP contribution >= 0.6 is 11.6 Å². The van der Waals surface area contributed by atoms with Gasteiger partial charge in [0.15, 0.2) is 0 Å². The first-order chi connectivity index (χ1) is 11.0. The van der Waals surface area contributed by atoms with Gasteiger partial charge in [0.25, 0.3) is 5.56 Å².